The van der Waals surface area contributed by atoms with E-state index in [1.807, 2.05) is 18.2 Å². The van der Waals surface area contributed by atoms with Crippen LogP contribution in [0.25, 0.3) is 11.1 Å². The highest BCUT2D eigenvalue weighted by Crippen LogP contribution is 2.37. The van der Waals surface area contributed by atoms with E-state index in [4.69, 9.17) is 4.74 Å². The molecule has 0 aromatic heterocycles. The van der Waals surface area contributed by atoms with Gasteiger partial charge < -0.3 is 10.1 Å². The van der Waals surface area contributed by atoms with Gasteiger partial charge in [0.2, 0.25) is 0 Å². The van der Waals surface area contributed by atoms with E-state index >= 15 is 0 Å². The molecule has 2 aromatic carbocycles. The minimum atomic E-state index is -0.151. The second kappa shape index (κ2) is 4.57. The van der Waals surface area contributed by atoms with E-state index in [9.17, 15) is 0 Å². The van der Waals surface area contributed by atoms with Gasteiger partial charge in [0, 0.05) is 4.47 Å². The maximum absolute atomic E-state index is 5.97. The first-order valence-corrected chi connectivity index (χ1v) is 7.16. The Bertz CT molecular complexity index is 622. The minimum absolute atomic E-state index is 0.151. The third-order valence-corrected chi connectivity index (χ3v) is 3.95. The van der Waals surface area contributed by atoms with Crippen LogP contribution in [-0.2, 0) is 0 Å². The number of nitrogens with one attached hydrogen (secondary N) is 1. The Morgan fingerprint density at radius 2 is 1.95 bits per heavy atom. The molecule has 0 unspecified atom stereocenters. The molecule has 1 heterocycles. The summed E-state index contributed by atoms with van der Waals surface area (Å²) in [6, 6.07) is 14.5. The molecule has 0 amide bonds. The Kier molecular flexibility index (Phi) is 3.02. The van der Waals surface area contributed by atoms with Gasteiger partial charge in [0.1, 0.15) is 11.4 Å². The number of benzene rings is 2. The molecule has 3 heteroatoms. The topological polar surface area (TPSA) is 21.3 Å². The molecule has 0 fully saturated rings. The normalized spacial score (nSPS) is 16.2. The number of anilines is 1. The number of ether oxygens (including phenoxy) is 1. The SMILES string of the molecule is CC1(C)CNc2cc(-c3ccccc3Br)ccc2O1. The van der Waals surface area contributed by atoms with E-state index in [1.54, 1.807) is 0 Å². The summed E-state index contributed by atoms with van der Waals surface area (Å²) < 4.78 is 7.07. The van der Waals surface area contributed by atoms with Crippen LogP contribution in [0, 0.1) is 0 Å². The molecular formula is C16H16BrNO. The molecule has 0 saturated heterocycles. The van der Waals surface area contributed by atoms with Crippen LogP contribution in [0.15, 0.2) is 46.9 Å². The Morgan fingerprint density at radius 3 is 2.74 bits per heavy atom. The van der Waals surface area contributed by atoms with Crippen molar-refractivity contribution in [3.05, 3.63) is 46.9 Å². The monoisotopic (exact) mass is 317 g/mol. The maximum Gasteiger partial charge on any atom is 0.143 e. The molecule has 2 aromatic rings. The zero-order valence-corrected chi connectivity index (χ0v) is 12.6. The van der Waals surface area contributed by atoms with Crippen LogP contribution in [0.1, 0.15) is 13.8 Å². The van der Waals surface area contributed by atoms with Crippen molar-refractivity contribution >= 4 is 21.6 Å². The zero-order valence-electron chi connectivity index (χ0n) is 11.0. The molecule has 0 aliphatic carbocycles. The Morgan fingerprint density at radius 1 is 1.16 bits per heavy atom. The number of fused-ring (bicyclic) bond motifs is 1. The van der Waals surface area contributed by atoms with Gasteiger partial charge in [-0.2, -0.15) is 0 Å². The summed E-state index contributed by atoms with van der Waals surface area (Å²) in [5, 5.41) is 3.44. The molecule has 2 nitrogen and oxygen atoms in total. The van der Waals surface area contributed by atoms with E-state index in [-0.39, 0.29) is 5.60 Å². The summed E-state index contributed by atoms with van der Waals surface area (Å²) in [6.45, 7) is 4.99. The number of rotatable bonds is 1. The third-order valence-electron chi connectivity index (χ3n) is 3.26. The lowest BCUT2D eigenvalue weighted by molar-refractivity contribution is 0.116. The Hall–Kier alpha value is -1.48. The fraction of sp³-hybridized carbons (Fsp3) is 0.250. The largest absolute Gasteiger partial charge is 0.484 e. The molecule has 0 atom stereocenters. The predicted octanol–water partition coefficient (Wildman–Crippen LogP) is 4.70. The van der Waals surface area contributed by atoms with Gasteiger partial charge in [0.25, 0.3) is 0 Å². The molecule has 0 bridgehead atoms. The second-order valence-electron chi connectivity index (χ2n) is 5.41. The van der Waals surface area contributed by atoms with Crippen molar-refractivity contribution in [3.8, 4) is 16.9 Å². The van der Waals surface area contributed by atoms with Gasteiger partial charge in [0.15, 0.2) is 0 Å². The molecule has 1 N–H and O–H groups in total. The summed E-state index contributed by atoms with van der Waals surface area (Å²) in [6.07, 6.45) is 0. The van der Waals surface area contributed by atoms with E-state index < -0.39 is 0 Å². The molecular weight excluding hydrogens is 302 g/mol. The Balaban J connectivity index is 2.02. The van der Waals surface area contributed by atoms with Crippen LogP contribution >= 0.6 is 15.9 Å². The summed E-state index contributed by atoms with van der Waals surface area (Å²) in [7, 11) is 0. The van der Waals surface area contributed by atoms with Gasteiger partial charge in [-0.15, -0.1) is 0 Å². The summed E-state index contributed by atoms with van der Waals surface area (Å²) >= 11 is 3.60. The lowest BCUT2D eigenvalue weighted by Gasteiger charge is -2.33. The van der Waals surface area contributed by atoms with Crippen molar-refractivity contribution < 1.29 is 4.74 Å². The highest BCUT2D eigenvalue weighted by molar-refractivity contribution is 9.10. The standard InChI is InChI=1S/C16H16BrNO/c1-16(2)10-18-14-9-11(7-8-15(14)19-16)12-5-3-4-6-13(12)17/h3-9,18H,10H2,1-2H3. The van der Waals surface area contributed by atoms with Crippen LogP contribution in [0.3, 0.4) is 0 Å². The summed E-state index contributed by atoms with van der Waals surface area (Å²) in [5.74, 6) is 0.923. The van der Waals surface area contributed by atoms with E-state index in [2.05, 4.69) is 59.4 Å². The lowest BCUT2D eigenvalue weighted by atomic mass is 10.0. The molecule has 1 aliphatic rings. The highest BCUT2D eigenvalue weighted by atomic mass is 79.9. The lowest BCUT2D eigenvalue weighted by Crippen LogP contribution is -2.39. The maximum atomic E-state index is 5.97. The number of hydrogen-bond donors (Lipinski definition) is 1. The number of hydrogen-bond acceptors (Lipinski definition) is 2. The molecule has 0 saturated carbocycles. The summed E-state index contributed by atoms with van der Waals surface area (Å²) in [5.41, 5.74) is 3.29. The summed E-state index contributed by atoms with van der Waals surface area (Å²) in [4.78, 5) is 0. The van der Waals surface area contributed by atoms with Crippen molar-refractivity contribution in [2.24, 2.45) is 0 Å². The van der Waals surface area contributed by atoms with E-state index in [0.29, 0.717) is 0 Å². The minimum Gasteiger partial charge on any atom is -0.484 e. The quantitative estimate of drug-likeness (QED) is 0.823. The fourth-order valence-electron chi connectivity index (χ4n) is 2.26. The first kappa shape index (κ1) is 12.5. The van der Waals surface area contributed by atoms with Gasteiger partial charge in [-0.1, -0.05) is 40.2 Å². The third kappa shape index (κ3) is 2.47. The first-order valence-electron chi connectivity index (χ1n) is 6.37. The van der Waals surface area contributed by atoms with Gasteiger partial charge in [-0.25, -0.2) is 0 Å². The second-order valence-corrected chi connectivity index (χ2v) is 6.26. The molecule has 0 spiro atoms. The smallest absolute Gasteiger partial charge is 0.143 e. The predicted molar refractivity (Wildman–Crippen MR) is 82.8 cm³/mol. The van der Waals surface area contributed by atoms with Crippen LogP contribution in [0.4, 0.5) is 5.69 Å². The van der Waals surface area contributed by atoms with Gasteiger partial charge in [0.05, 0.1) is 12.2 Å². The highest BCUT2D eigenvalue weighted by Gasteiger charge is 2.26. The molecule has 3 rings (SSSR count). The first-order chi connectivity index (χ1) is 9.05. The molecule has 98 valence electrons. The van der Waals surface area contributed by atoms with Crippen molar-refractivity contribution in [1.29, 1.82) is 0 Å². The van der Waals surface area contributed by atoms with Gasteiger partial charge in [-0.3, -0.25) is 0 Å². The van der Waals surface area contributed by atoms with Crippen molar-refractivity contribution in [3.63, 3.8) is 0 Å². The van der Waals surface area contributed by atoms with Crippen LogP contribution < -0.4 is 10.1 Å². The van der Waals surface area contributed by atoms with Crippen LogP contribution in [0.2, 0.25) is 0 Å². The Labute approximate surface area is 121 Å². The van der Waals surface area contributed by atoms with Crippen molar-refractivity contribution in [2.75, 3.05) is 11.9 Å². The van der Waals surface area contributed by atoms with Crippen LogP contribution in [-0.4, -0.2) is 12.1 Å². The van der Waals surface area contributed by atoms with Gasteiger partial charge in [-0.05, 0) is 43.2 Å². The molecule has 19 heavy (non-hydrogen) atoms. The average Bonchev–Trinajstić information content (AvgIpc) is 2.38. The van der Waals surface area contributed by atoms with E-state index in [1.165, 1.54) is 11.1 Å². The van der Waals surface area contributed by atoms with Crippen molar-refractivity contribution in [1.82, 2.24) is 0 Å². The number of halogens is 1. The van der Waals surface area contributed by atoms with Crippen LogP contribution in [0.5, 0.6) is 5.75 Å². The van der Waals surface area contributed by atoms with Crippen molar-refractivity contribution in [2.45, 2.75) is 19.4 Å². The zero-order chi connectivity index (χ0) is 13.5. The van der Waals surface area contributed by atoms with Gasteiger partial charge >= 0.3 is 0 Å². The molecule has 1 aliphatic heterocycles. The van der Waals surface area contributed by atoms with E-state index in [0.717, 1.165) is 22.5 Å². The molecule has 0 radical (unpaired) electrons. The average molecular weight is 318 g/mol. The fourth-order valence-corrected chi connectivity index (χ4v) is 2.78.